The van der Waals surface area contributed by atoms with Gasteiger partial charge in [-0.3, -0.25) is 0 Å². The Morgan fingerprint density at radius 2 is 1.19 bits per heavy atom. The number of phenols is 1. The van der Waals surface area contributed by atoms with E-state index in [1.165, 1.54) is 20.9 Å². The highest BCUT2D eigenvalue weighted by molar-refractivity contribution is 8.94. The number of aliphatic hydroxyl groups is 1. The first-order chi connectivity index (χ1) is 22.0. The zero-order valence-corrected chi connectivity index (χ0v) is 34.3. The van der Waals surface area contributed by atoms with Crippen molar-refractivity contribution in [2.75, 3.05) is 31.8 Å². The highest BCUT2D eigenvalue weighted by Crippen LogP contribution is 2.67. The predicted octanol–water partition coefficient (Wildman–Crippen LogP) is 10.4. The first-order valence-electron chi connectivity index (χ1n) is 17.6. The van der Waals surface area contributed by atoms with Gasteiger partial charge in [0, 0.05) is 46.8 Å². The molecule has 0 bridgehead atoms. The Hall–Kier alpha value is -1.42. The summed E-state index contributed by atoms with van der Waals surface area (Å²) >= 11 is 0. The molecule has 6 nitrogen and oxygen atoms in total. The summed E-state index contributed by atoms with van der Waals surface area (Å²) in [6.07, 6.45) is 3.10. The van der Waals surface area contributed by atoms with E-state index in [4.69, 9.17) is 18.9 Å². The maximum absolute atomic E-state index is 11.5. The quantitative estimate of drug-likeness (QED) is 0.213. The van der Waals surface area contributed by atoms with Crippen LogP contribution in [0.25, 0.3) is 0 Å². The third kappa shape index (κ3) is 9.88. The molecule has 2 aromatic rings. The van der Waals surface area contributed by atoms with Crippen molar-refractivity contribution in [3.05, 3.63) is 46.5 Å². The predicted molar refractivity (Wildman–Crippen MR) is 205 cm³/mol. The molecule has 4 unspecified atom stereocenters. The van der Waals surface area contributed by atoms with Crippen LogP contribution in [0.4, 0.5) is 0 Å². The highest BCUT2D eigenvalue weighted by Gasteiger charge is 2.37. The van der Waals surface area contributed by atoms with E-state index in [2.05, 4.69) is 121 Å². The van der Waals surface area contributed by atoms with E-state index in [0.717, 1.165) is 22.6 Å². The van der Waals surface area contributed by atoms with E-state index in [0.29, 0.717) is 31.8 Å². The Bertz CT molecular complexity index is 1310. The second-order valence-corrected chi connectivity index (χ2v) is 23.7. The van der Waals surface area contributed by atoms with Crippen molar-refractivity contribution in [3.63, 3.8) is 0 Å². The fraction of sp³-hybridized carbons (Fsp3) is 0.700. The van der Waals surface area contributed by atoms with Gasteiger partial charge in [-0.25, -0.2) is 0 Å². The highest BCUT2D eigenvalue weighted by atomic mass is 33.2. The Kier molecular flexibility index (Phi) is 13.2. The van der Waals surface area contributed by atoms with Crippen molar-refractivity contribution in [1.82, 2.24) is 0 Å². The summed E-state index contributed by atoms with van der Waals surface area (Å²) in [6, 6.07) is 9.25. The summed E-state index contributed by atoms with van der Waals surface area (Å²) in [4.78, 5) is 2.56. The number of ether oxygens (including phenoxy) is 4. The van der Waals surface area contributed by atoms with Gasteiger partial charge in [-0.1, -0.05) is 101 Å². The number of phenolic OH excluding ortho intramolecular Hbond substituents is 1. The van der Waals surface area contributed by atoms with Crippen LogP contribution >= 0.6 is 19.9 Å². The van der Waals surface area contributed by atoms with Crippen molar-refractivity contribution >= 4 is 19.9 Å². The van der Waals surface area contributed by atoms with Crippen LogP contribution in [0, 0.1) is 0 Å². The lowest BCUT2D eigenvalue weighted by Crippen LogP contribution is -2.26. The van der Waals surface area contributed by atoms with Gasteiger partial charge in [-0.2, -0.15) is 9.06 Å². The molecule has 0 radical (unpaired) electrons. The molecule has 1 aliphatic rings. The van der Waals surface area contributed by atoms with Gasteiger partial charge in [0.1, 0.15) is 11.5 Å². The minimum atomic E-state index is -1.38. The van der Waals surface area contributed by atoms with Crippen LogP contribution in [0.3, 0.4) is 0 Å². The van der Waals surface area contributed by atoms with E-state index in [9.17, 15) is 10.2 Å². The molecule has 0 spiro atoms. The van der Waals surface area contributed by atoms with Crippen LogP contribution in [-0.2, 0) is 35.9 Å². The fourth-order valence-corrected chi connectivity index (χ4v) is 10.6. The van der Waals surface area contributed by atoms with E-state index in [-0.39, 0.29) is 40.5 Å². The van der Waals surface area contributed by atoms with E-state index < -0.39 is 15.5 Å². The molecule has 274 valence electrons. The summed E-state index contributed by atoms with van der Waals surface area (Å²) in [5, 5.41) is 21.1. The van der Waals surface area contributed by atoms with Gasteiger partial charge < -0.3 is 29.2 Å². The number of aromatic hydroxyl groups is 1. The number of hydrogen-bond donors (Lipinski definition) is 2. The smallest absolute Gasteiger partial charge is 0.272 e. The lowest BCUT2D eigenvalue weighted by atomic mass is 9.79. The van der Waals surface area contributed by atoms with Crippen molar-refractivity contribution in [1.29, 1.82) is 0 Å². The average Bonchev–Trinajstić information content (AvgIpc) is 3.32. The molecule has 48 heavy (non-hydrogen) atoms. The summed E-state index contributed by atoms with van der Waals surface area (Å²) in [6.45, 7) is 31.1. The molecule has 2 N–H and O–H groups in total. The van der Waals surface area contributed by atoms with Gasteiger partial charge in [-0.05, 0) is 76.2 Å². The van der Waals surface area contributed by atoms with Gasteiger partial charge in [0.15, 0.2) is 0 Å². The lowest BCUT2D eigenvalue weighted by Gasteiger charge is -2.38. The third-order valence-electron chi connectivity index (χ3n) is 9.06. The summed E-state index contributed by atoms with van der Waals surface area (Å²) < 4.78 is 24.3. The van der Waals surface area contributed by atoms with Gasteiger partial charge in [-0.15, -0.1) is 0 Å². The minimum Gasteiger partial charge on any atom is -0.507 e. The van der Waals surface area contributed by atoms with Gasteiger partial charge in [0.05, 0.1) is 18.8 Å². The molecule has 1 aliphatic heterocycles. The zero-order valence-electron chi connectivity index (χ0n) is 32.6. The van der Waals surface area contributed by atoms with E-state index in [1.54, 1.807) is 0 Å². The maximum Gasteiger partial charge on any atom is 0.272 e. The molecule has 1 heterocycles. The Morgan fingerprint density at radius 1 is 0.729 bits per heavy atom. The average molecular weight is 707 g/mol. The molecule has 0 aromatic heterocycles. The van der Waals surface area contributed by atoms with Crippen molar-refractivity contribution in [2.24, 2.45) is 0 Å². The molecule has 1 saturated heterocycles. The maximum atomic E-state index is 11.5. The third-order valence-corrected chi connectivity index (χ3v) is 15.2. The van der Waals surface area contributed by atoms with Crippen LogP contribution in [0.2, 0.25) is 0 Å². The fourth-order valence-electron chi connectivity index (χ4n) is 6.03. The second kappa shape index (κ2) is 15.4. The molecule has 8 heteroatoms. The molecule has 4 atom stereocenters. The lowest BCUT2D eigenvalue weighted by molar-refractivity contribution is -0.240. The van der Waals surface area contributed by atoms with E-state index in [1.807, 2.05) is 17.7 Å². The summed E-state index contributed by atoms with van der Waals surface area (Å²) in [5.74, 6) is 2.38. The van der Waals surface area contributed by atoms with Gasteiger partial charge >= 0.3 is 0 Å². The molecule has 0 amide bonds. The molecular weight excluding hydrogens is 641 g/mol. The Morgan fingerprint density at radius 3 is 1.58 bits per heavy atom. The second-order valence-electron chi connectivity index (χ2n) is 17.3. The first kappa shape index (κ1) is 41.0. The number of benzene rings is 2. The SMILES string of the molecule is CCOC1OC(CCO)C(CCOc2c(C(C)(C)C)cc(SS(C)(CC)c3cc(C(C)(C)C)c(O)c(C(C)(C)C)c3)cc2C(C)(C)C)O1. The molecule has 0 aliphatic carbocycles. The molecular formula is C40H66O6S2. The normalized spacial score (nSPS) is 21.3. The van der Waals surface area contributed by atoms with Crippen molar-refractivity contribution in [2.45, 2.75) is 160 Å². The van der Waals surface area contributed by atoms with Crippen molar-refractivity contribution < 1.29 is 29.2 Å². The largest absolute Gasteiger partial charge is 0.507 e. The van der Waals surface area contributed by atoms with Crippen LogP contribution in [-0.4, -0.2) is 60.7 Å². The number of aliphatic hydroxyl groups excluding tert-OH is 1. The van der Waals surface area contributed by atoms with E-state index >= 15 is 0 Å². The molecule has 2 aromatic carbocycles. The summed E-state index contributed by atoms with van der Waals surface area (Å²) in [7, 11) is 0.609. The Balaban J connectivity index is 2.07. The summed E-state index contributed by atoms with van der Waals surface area (Å²) in [5.41, 5.74) is 3.71. The van der Waals surface area contributed by atoms with Crippen molar-refractivity contribution in [3.8, 4) is 11.5 Å². The number of rotatable bonds is 12. The van der Waals surface area contributed by atoms with Crippen LogP contribution < -0.4 is 4.74 Å². The minimum absolute atomic E-state index is 0.0313. The molecule has 3 rings (SSSR count). The topological polar surface area (TPSA) is 77.4 Å². The molecule has 0 saturated carbocycles. The van der Waals surface area contributed by atoms with Crippen LogP contribution in [0.1, 0.15) is 132 Å². The monoisotopic (exact) mass is 706 g/mol. The standard InChI is InChI=1S/C40H66O6S2/c1-16-43-36-45-32(18-20-41)33(46-36)19-21-44-35-30(39(9,10)11)22-26(23-31(35)40(12,13)14)47-48(15,17-2)27-24-28(37(3,4)5)34(42)29(25-27)38(6,7)8/h22-25,32-33,36,41-42H,16-21H2,1-15H3. The first-order valence-corrected chi connectivity index (χ1v) is 21.2. The Labute approximate surface area is 297 Å². The van der Waals surface area contributed by atoms with Crippen LogP contribution in [0.5, 0.6) is 11.5 Å². The zero-order chi connectivity index (χ0) is 36.5. The van der Waals surface area contributed by atoms with Gasteiger partial charge in [0.2, 0.25) is 0 Å². The van der Waals surface area contributed by atoms with Crippen LogP contribution in [0.15, 0.2) is 34.1 Å². The molecule has 1 fully saturated rings. The number of hydrogen-bond acceptors (Lipinski definition) is 7. The van der Waals surface area contributed by atoms with Gasteiger partial charge in [0.25, 0.3) is 6.48 Å².